The molecule has 0 unspecified atom stereocenters. The van der Waals surface area contributed by atoms with E-state index in [9.17, 15) is 9.59 Å². The van der Waals surface area contributed by atoms with E-state index in [2.05, 4.69) is 12.2 Å². The Morgan fingerprint density at radius 2 is 1.91 bits per heavy atom. The number of hydrogen-bond acceptors (Lipinski definition) is 3. The van der Waals surface area contributed by atoms with Crippen LogP contribution in [0.5, 0.6) is 0 Å². The van der Waals surface area contributed by atoms with Crippen LogP contribution in [0, 0.1) is 0 Å². The molecule has 0 atom stereocenters. The molecule has 0 radical (unpaired) electrons. The molecular weight excluding hydrogens is 308 g/mol. The summed E-state index contributed by atoms with van der Waals surface area (Å²) in [4.78, 5) is 27.3. The van der Waals surface area contributed by atoms with Crippen molar-refractivity contribution in [2.45, 2.75) is 51.5 Å². The van der Waals surface area contributed by atoms with Crippen molar-refractivity contribution < 1.29 is 9.59 Å². The van der Waals surface area contributed by atoms with Crippen molar-refractivity contribution in [3.8, 4) is 0 Å². The fraction of sp³-hybridized carbons (Fsp3) is 0.556. The number of amides is 2. The van der Waals surface area contributed by atoms with Gasteiger partial charge in [-0.25, -0.2) is 0 Å². The Kier molecular flexibility index (Phi) is 8.77. The predicted octanol–water partition coefficient (Wildman–Crippen LogP) is 3.57. The van der Waals surface area contributed by atoms with Crippen molar-refractivity contribution in [1.29, 1.82) is 0 Å². The van der Waals surface area contributed by atoms with Crippen molar-refractivity contribution in [1.82, 2.24) is 10.2 Å². The lowest BCUT2D eigenvalue weighted by atomic mass is 10.2. The van der Waals surface area contributed by atoms with Crippen LogP contribution in [0.3, 0.4) is 0 Å². The van der Waals surface area contributed by atoms with Crippen molar-refractivity contribution >= 4 is 23.6 Å². The number of nitrogens with one attached hydrogen (secondary N) is 1. The second kappa shape index (κ2) is 10.3. The molecule has 1 N–H and O–H groups in total. The smallest absolute Gasteiger partial charge is 0.254 e. The van der Waals surface area contributed by atoms with Crippen molar-refractivity contribution in [3.63, 3.8) is 0 Å². The maximum Gasteiger partial charge on any atom is 0.254 e. The van der Waals surface area contributed by atoms with Crippen molar-refractivity contribution in [2.24, 2.45) is 0 Å². The summed E-state index contributed by atoms with van der Waals surface area (Å²) in [5.74, 6) is 0.364. The predicted molar refractivity (Wildman–Crippen MR) is 96.9 cm³/mol. The SMILES string of the molecule is CCCCN(CC)C(=O)c1ccccc1SCC(=O)NC(C)C. The van der Waals surface area contributed by atoms with Crippen LogP contribution in [0.4, 0.5) is 0 Å². The third-order valence-corrected chi connectivity index (χ3v) is 4.45. The third-order valence-electron chi connectivity index (χ3n) is 3.38. The summed E-state index contributed by atoms with van der Waals surface area (Å²) in [6, 6.07) is 7.67. The van der Waals surface area contributed by atoms with Crippen LogP contribution in [0.25, 0.3) is 0 Å². The number of unbranched alkanes of at least 4 members (excludes halogenated alkanes) is 1. The normalized spacial score (nSPS) is 10.7. The van der Waals surface area contributed by atoms with Gasteiger partial charge in [0.1, 0.15) is 0 Å². The van der Waals surface area contributed by atoms with Crippen molar-refractivity contribution in [2.75, 3.05) is 18.8 Å². The molecule has 1 rings (SSSR count). The fourth-order valence-electron chi connectivity index (χ4n) is 2.20. The fourth-order valence-corrected chi connectivity index (χ4v) is 3.05. The summed E-state index contributed by atoms with van der Waals surface area (Å²) in [6.07, 6.45) is 2.07. The lowest BCUT2D eigenvalue weighted by Crippen LogP contribution is -2.32. The molecule has 23 heavy (non-hydrogen) atoms. The number of hydrogen-bond donors (Lipinski definition) is 1. The molecular formula is C18H28N2O2S. The largest absolute Gasteiger partial charge is 0.353 e. The highest BCUT2D eigenvalue weighted by molar-refractivity contribution is 8.00. The first-order chi connectivity index (χ1) is 11.0. The molecule has 128 valence electrons. The molecule has 5 heteroatoms. The molecule has 1 aromatic carbocycles. The van der Waals surface area contributed by atoms with Crippen LogP contribution in [0.15, 0.2) is 29.2 Å². The summed E-state index contributed by atoms with van der Waals surface area (Å²) >= 11 is 1.42. The quantitative estimate of drug-likeness (QED) is 0.701. The summed E-state index contributed by atoms with van der Waals surface area (Å²) in [7, 11) is 0. The van der Waals surface area contributed by atoms with Gasteiger partial charge in [-0.1, -0.05) is 25.5 Å². The summed E-state index contributed by atoms with van der Waals surface area (Å²) in [5, 5.41) is 2.87. The minimum atomic E-state index is -0.00872. The van der Waals surface area contributed by atoms with Gasteiger partial charge in [0.15, 0.2) is 0 Å². The van der Waals surface area contributed by atoms with Gasteiger partial charge in [0.05, 0.1) is 11.3 Å². The zero-order valence-electron chi connectivity index (χ0n) is 14.6. The van der Waals surface area contributed by atoms with Crippen LogP contribution < -0.4 is 5.32 Å². The first kappa shape index (κ1) is 19.6. The van der Waals surface area contributed by atoms with Crippen LogP contribution >= 0.6 is 11.8 Å². The van der Waals surface area contributed by atoms with Gasteiger partial charge in [0, 0.05) is 24.0 Å². The van der Waals surface area contributed by atoms with E-state index in [1.807, 2.05) is 49.9 Å². The second-order valence-corrected chi connectivity index (χ2v) is 6.76. The minimum absolute atomic E-state index is 0.00872. The van der Waals surface area contributed by atoms with Gasteiger partial charge in [-0.15, -0.1) is 11.8 Å². The van der Waals surface area contributed by atoms with Gasteiger partial charge in [-0.3, -0.25) is 9.59 Å². The number of carbonyl (C=O) groups excluding carboxylic acids is 2. The highest BCUT2D eigenvalue weighted by Crippen LogP contribution is 2.24. The van der Waals surface area contributed by atoms with Gasteiger partial charge in [-0.2, -0.15) is 0 Å². The molecule has 0 saturated carbocycles. The van der Waals surface area contributed by atoms with E-state index in [0.717, 1.165) is 24.3 Å². The molecule has 0 spiro atoms. The third kappa shape index (κ3) is 6.65. The molecule has 0 heterocycles. The lowest BCUT2D eigenvalue weighted by molar-refractivity contribution is -0.119. The maximum atomic E-state index is 12.7. The molecule has 0 aliphatic rings. The van der Waals surface area contributed by atoms with E-state index in [0.29, 0.717) is 17.9 Å². The molecule has 2 amide bonds. The Morgan fingerprint density at radius 3 is 2.52 bits per heavy atom. The average Bonchev–Trinajstić information content (AvgIpc) is 2.53. The van der Waals surface area contributed by atoms with Crippen molar-refractivity contribution in [3.05, 3.63) is 29.8 Å². The van der Waals surface area contributed by atoms with Crippen LogP contribution in [-0.4, -0.2) is 41.6 Å². The number of nitrogens with zero attached hydrogens (tertiary/aromatic N) is 1. The van der Waals surface area contributed by atoms with E-state index in [4.69, 9.17) is 0 Å². The summed E-state index contributed by atoms with van der Waals surface area (Å²) in [5.41, 5.74) is 0.688. The standard InChI is InChI=1S/C18H28N2O2S/c1-5-7-12-20(6-2)18(22)15-10-8-9-11-16(15)23-13-17(21)19-14(3)4/h8-11,14H,5-7,12-13H2,1-4H3,(H,19,21). The molecule has 0 aliphatic carbocycles. The number of carbonyl (C=O) groups is 2. The Hall–Kier alpha value is -1.49. The topological polar surface area (TPSA) is 49.4 Å². The number of thioether (sulfide) groups is 1. The van der Waals surface area contributed by atoms with E-state index in [1.165, 1.54) is 11.8 Å². The highest BCUT2D eigenvalue weighted by atomic mass is 32.2. The van der Waals surface area contributed by atoms with Gasteiger partial charge in [0.2, 0.25) is 5.91 Å². The van der Waals surface area contributed by atoms with Gasteiger partial charge in [0.25, 0.3) is 5.91 Å². The lowest BCUT2D eigenvalue weighted by Gasteiger charge is -2.22. The molecule has 1 aromatic rings. The number of rotatable bonds is 9. The Morgan fingerprint density at radius 1 is 1.22 bits per heavy atom. The van der Waals surface area contributed by atoms with Crippen LogP contribution in [0.2, 0.25) is 0 Å². The van der Waals surface area contributed by atoms with E-state index >= 15 is 0 Å². The monoisotopic (exact) mass is 336 g/mol. The first-order valence-corrected chi connectivity index (χ1v) is 9.28. The second-order valence-electron chi connectivity index (χ2n) is 5.75. The maximum absolute atomic E-state index is 12.7. The Bertz CT molecular complexity index is 517. The van der Waals surface area contributed by atoms with E-state index in [-0.39, 0.29) is 17.9 Å². The molecule has 0 fully saturated rings. The van der Waals surface area contributed by atoms with Crippen LogP contribution in [-0.2, 0) is 4.79 Å². The zero-order chi connectivity index (χ0) is 17.2. The molecule has 4 nitrogen and oxygen atoms in total. The molecule has 0 saturated heterocycles. The van der Waals surface area contributed by atoms with Gasteiger partial charge in [-0.05, 0) is 39.3 Å². The first-order valence-electron chi connectivity index (χ1n) is 8.30. The average molecular weight is 337 g/mol. The van der Waals surface area contributed by atoms with Crippen LogP contribution in [0.1, 0.15) is 50.9 Å². The Labute approximate surface area is 144 Å². The number of benzene rings is 1. The minimum Gasteiger partial charge on any atom is -0.353 e. The summed E-state index contributed by atoms with van der Waals surface area (Å²) < 4.78 is 0. The van der Waals surface area contributed by atoms with Gasteiger partial charge >= 0.3 is 0 Å². The van der Waals surface area contributed by atoms with E-state index in [1.54, 1.807) is 0 Å². The van der Waals surface area contributed by atoms with E-state index < -0.39 is 0 Å². The molecule has 0 aliphatic heterocycles. The summed E-state index contributed by atoms with van der Waals surface area (Å²) in [6.45, 7) is 9.47. The van der Waals surface area contributed by atoms with Gasteiger partial charge < -0.3 is 10.2 Å². The highest BCUT2D eigenvalue weighted by Gasteiger charge is 2.17. The molecule has 0 bridgehead atoms. The zero-order valence-corrected chi connectivity index (χ0v) is 15.4. The Balaban J connectivity index is 2.79. The molecule has 0 aromatic heterocycles.